The van der Waals surface area contributed by atoms with Crippen molar-refractivity contribution >= 4 is 5.91 Å². The summed E-state index contributed by atoms with van der Waals surface area (Å²) in [6.45, 7) is 4.18. The van der Waals surface area contributed by atoms with Crippen LogP contribution in [0.5, 0.6) is 5.75 Å². The molecule has 2 aliphatic heterocycles. The van der Waals surface area contributed by atoms with Gasteiger partial charge in [0.25, 0.3) is 0 Å². The summed E-state index contributed by atoms with van der Waals surface area (Å²) >= 11 is 0. The van der Waals surface area contributed by atoms with E-state index in [1.165, 1.54) is 5.56 Å². The Labute approximate surface area is 94.8 Å². The van der Waals surface area contributed by atoms with Gasteiger partial charge in [0.2, 0.25) is 5.91 Å². The molecule has 0 unspecified atom stereocenters. The predicted octanol–water partition coefficient (Wildman–Crippen LogP) is 1.89. The highest BCUT2D eigenvalue weighted by molar-refractivity contribution is 5.84. The minimum atomic E-state index is -0.155. The maximum atomic E-state index is 11.8. The minimum Gasteiger partial charge on any atom is -0.470 e. The standard InChI is InChI=1S/C13H15NO2/c1-7(2)10-11-8-5-3-4-6-9(8)16-13(11)14-12(10)15/h3-7,10-11,13H,1-2H3,(H,14,15)/t10-,11+,13+/m1/s1. The second kappa shape index (κ2) is 3.24. The monoisotopic (exact) mass is 217 g/mol. The fraction of sp³-hybridized carbons (Fsp3) is 0.462. The molecule has 1 N–H and O–H groups in total. The predicted molar refractivity (Wildman–Crippen MR) is 60.1 cm³/mol. The second-order valence-electron chi connectivity index (χ2n) is 4.88. The molecule has 1 aromatic rings. The van der Waals surface area contributed by atoms with E-state index in [1.807, 2.05) is 18.2 Å². The molecular formula is C13H15NO2. The number of amides is 1. The molecule has 0 saturated carbocycles. The first-order chi connectivity index (χ1) is 7.68. The maximum absolute atomic E-state index is 11.8. The molecule has 3 nitrogen and oxygen atoms in total. The Bertz CT molecular complexity index is 441. The summed E-state index contributed by atoms with van der Waals surface area (Å²) in [5.74, 6) is 1.60. The lowest BCUT2D eigenvalue weighted by Gasteiger charge is -2.17. The van der Waals surface area contributed by atoms with Crippen LogP contribution in [0.3, 0.4) is 0 Å². The van der Waals surface area contributed by atoms with E-state index >= 15 is 0 Å². The van der Waals surface area contributed by atoms with Crippen LogP contribution in [0.15, 0.2) is 24.3 Å². The number of ether oxygens (including phenoxy) is 1. The van der Waals surface area contributed by atoms with Crippen LogP contribution >= 0.6 is 0 Å². The van der Waals surface area contributed by atoms with E-state index in [0.717, 1.165) is 5.75 Å². The summed E-state index contributed by atoms with van der Waals surface area (Å²) in [6.07, 6.45) is -0.155. The van der Waals surface area contributed by atoms with Gasteiger partial charge in [-0.05, 0) is 12.0 Å². The van der Waals surface area contributed by atoms with Gasteiger partial charge in [-0.3, -0.25) is 4.79 Å². The summed E-state index contributed by atoms with van der Waals surface area (Å²) in [5.41, 5.74) is 1.17. The summed E-state index contributed by atoms with van der Waals surface area (Å²) in [5, 5.41) is 2.93. The number of carbonyl (C=O) groups excluding carboxylic acids is 1. The highest BCUT2D eigenvalue weighted by atomic mass is 16.5. The summed E-state index contributed by atoms with van der Waals surface area (Å²) in [7, 11) is 0. The number of fused-ring (bicyclic) bond motifs is 3. The Morgan fingerprint density at radius 3 is 2.81 bits per heavy atom. The molecule has 3 heteroatoms. The number of carbonyl (C=O) groups is 1. The zero-order chi connectivity index (χ0) is 11.3. The Hall–Kier alpha value is -1.51. The van der Waals surface area contributed by atoms with Crippen molar-refractivity contribution in [1.82, 2.24) is 5.32 Å². The van der Waals surface area contributed by atoms with Crippen molar-refractivity contribution in [3.63, 3.8) is 0 Å². The third kappa shape index (κ3) is 1.17. The lowest BCUT2D eigenvalue weighted by molar-refractivity contribution is -0.124. The molecule has 84 valence electrons. The molecule has 16 heavy (non-hydrogen) atoms. The van der Waals surface area contributed by atoms with E-state index in [4.69, 9.17) is 4.74 Å². The topological polar surface area (TPSA) is 38.3 Å². The van der Waals surface area contributed by atoms with Crippen molar-refractivity contribution in [2.75, 3.05) is 0 Å². The molecule has 0 spiro atoms. The van der Waals surface area contributed by atoms with Crippen LogP contribution < -0.4 is 10.1 Å². The Kier molecular flexibility index (Phi) is 1.96. The number of hydrogen-bond acceptors (Lipinski definition) is 2. The summed E-state index contributed by atoms with van der Waals surface area (Å²) in [4.78, 5) is 11.8. The van der Waals surface area contributed by atoms with Gasteiger partial charge in [0, 0.05) is 5.56 Å². The van der Waals surface area contributed by atoms with Gasteiger partial charge >= 0.3 is 0 Å². The van der Waals surface area contributed by atoms with Crippen LogP contribution in [0.2, 0.25) is 0 Å². The first kappa shape index (κ1) is 9.70. The smallest absolute Gasteiger partial charge is 0.227 e. The molecule has 2 heterocycles. The zero-order valence-corrected chi connectivity index (χ0v) is 9.44. The third-order valence-electron chi connectivity index (χ3n) is 3.55. The van der Waals surface area contributed by atoms with Crippen molar-refractivity contribution in [2.24, 2.45) is 11.8 Å². The van der Waals surface area contributed by atoms with Crippen molar-refractivity contribution in [1.29, 1.82) is 0 Å². The van der Waals surface area contributed by atoms with E-state index in [1.54, 1.807) is 0 Å². The molecule has 1 amide bonds. The molecule has 0 radical (unpaired) electrons. The van der Waals surface area contributed by atoms with Gasteiger partial charge in [-0.15, -0.1) is 0 Å². The van der Waals surface area contributed by atoms with Crippen molar-refractivity contribution < 1.29 is 9.53 Å². The molecule has 3 atom stereocenters. The van der Waals surface area contributed by atoms with Gasteiger partial charge in [-0.25, -0.2) is 0 Å². The van der Waals surface area contributed by atoms with Gasteiger partial charge in [0.15, 0.2) is 6.23 Å². The van der Waals surface area contributed by atoms with Gasteiger partial charge in [0.05, 0.1) is 11.8 Å². The first-order valence-corrected chi connectivity index (χ1v) is 5.74. The highest BCUT2D eigenvalue weighted by Crippen LogP contribution is 2.46. The Morgan fingerprint density at radius 1 is 1.31 bits per heavy atom. The number of benzene rings is 1. The van der Waals surface area contributed by atoms with E-state index < -0.39 is 0 Å². The first-order valence-electron chi connectivity index (χ1n) is 5.74. The van der Waals surface area contributed by atoms with Gasteiger partial charge in [0.1, 0.15) is 5.75 Å². The van der Waals surface area contributed by atoms with Crippen LogP contribution in [0, 0.1) is 11.8 Å². The number of rotatable bonds is 1. The molecule has 3 rings (SSSR count). The molecular weight excluding hydrogens is 202 g/mol. The molecule has 1 saturated heterocycles. The number of para-hydroxylation sites is 1. The molecule has 2 aliphatic rings. The van der Waals surface area contributed by atoms with Crippen LogP contribution in [-0.4, -0.2) is 12.1 Å². The summed E-state index contributed by atoms with van der Waals surface area (Å²) in [6, 6.07) is 8.00. The zero-order valence-electron chi connectivity index (χ0n) is 9.44. The maximum Gasteiger partial charge on any atom is 0.227 e. The molecule has 0 bridgehead atoms. The molecule has 0 aromatic heterocycles. The van der Waals surface area contributed by atoms with Crippen molar-refractivity contribution in [2.45, 2.75) is 26.0 Å². The van der Waals surface area contributed by atoms with Crippen LogP contribution in [0.4, 0.5) is 0 Å². The quantitative estimate of drug-likeness (QED) is 0.780. The lowest BCUT2D eigenvalue weighted by atomic mass is 9.81. The van der Waals surface area contributed by atoms with Gasteiger partial charge in [-0.1, -0.05) is 32.0 Å². The Balaban J connectivity index is 2.05. The second-order valence-corrected chi connectivity index (χ2v) is 4.88. The van der Waals surface area contributed by atoms with Crippen molar-refractivity contribution in [3.05, 3.63) is 29.8 Å². The molecule has 0 aliphatic carbocycles. The SMILES string of the molecule is CC(C)[C@H]1C(=O)N[C@H]2Oc3ccccc3[C@@H]12. The largest absolute Gasteiger partial charge is 0.470 e. The van der Waals surface area contributed by atoms with Crippen LogP contribution in [0.1, 0.15) is 25.3 Å². The number of hydrogen-bond donors (Lipinski definition) is 1. The van der Waals surface area contributed by atoms with Gasteiger partial charge < -0.3 is 10.1 Å². The van der Waals surface area contributed by atoms with Crippen LogP contribution in [0.25, 0.3) is 0 Å². The summed E-state index contributed by atoms with van der Waals surface area (Å²) < 4.78 is 5.75. The Morgan fingerprint density at radius 2 is 2.06 bits per heavy atom. The van der Waals surface area contributed by atoms with E-state index in [9.17, 15) is 4.79 Å². The normalized spacial score (nSPS) is 30.9. The third-order valence-corrected chi connectivity index (χ3v) is 3.55. The van der Waals surface area contributed by atoms with Crippen molar-refractivity contribution in [3.8, 4) is 5.75 Å². The average Bonchev–Trinajstić information content (AvgIpc) is 2.71. The highest BCUT2D eigenvalue weighted by Gasteiger charge is 2.50. The van der Waals surface area contributed by atoms with Gasteiger partial charge in [-0.2, -0.15) is 0 Å². The fourth-order valence-electron chi connectivity index (χ4n) is 2.85. The van der Waals surface area contributed by atoms with E-state index in [0.29, 0.717) is 5.92 Å². The lowest BCUT2D eigenvalue weighted by Crippen LogP contribution is -2.30. The van der Waals surface area contributed by atoms with E-state index in [2.05, 4.69) is 25.2 Å². The number of nitrogens with one attached hydrogen (secondary N) is 1. The van der Waals surface area contributed by atoms with Crippen LogP contribution in [-0.2, 0) is 4.79 Å². The molecule has 1 fully saturated rings. The molecule has 1 aromatic carbocycles. The minimum absolute atomic E-state index is 0.0358. The van der Waals surface area contributed by atoms with E-state index in [-0.39, 0.29) is 24.0 Å². The average molecular weight is 217 g/mol. The fourth-order valence-corrected chi connectivity index (χ4v) is 2.85.